The molecule has 0 saturated carbocycles. The molecule has 0 atom stereocenters. The molecule has 6 aromatic rings. The van der Waals surface area contributed by atoms with Crippen LogP contribution in [0, 0.1) is 0 Å². The molecule has 13 heteroatoms. The van der Waals surface area contributed by atoms with E-state index in [4.69, 9.17) is 32.5 Å². The number of benzene rings is 6. The van der Waals surface area contributed by atoms with Gasteiger partial charge in [0.25, 0.3) is 11.8 Å². The first kappa shape index (κ1) is 41.8. The Kier molecular flexibility index (Phi) is 15.1. The first-order valence-electron chi connectivity index (χ1n) is 17.7. The van der Waals surface area contributed by atoms with E-state index in [0.29, 0.717) is 47.2 Å². The van der Waals surface area contributed by atoms with Crippen LogP contribution in [0.15, 0.2) is 146 Å². The monoisotopic (exact) mass is 796 g/mol. The lowest BCUT2D eigenvalue weighted by molar-refractivity contribution is -0.274. The Balaban J connectivity index is 0.000000219. The summed E-state index contributed by atoms with van der Waals surface area (Å²) in [7, 11) is 0. The van der Waals surface area contributed by atoms with E-state index in [9.17, 15) is 22.8 Å². The van der Waals surface area contributed by atoms with Crippen LogP contribution in [0.1, 0.15) is 43.0 Å². The maximum absolute atomic E-state index is 12.2. The molecule has 2 amide bonds. The molecule has 0 unspecified atom stereocenters. The average Bonchev–Trinajstić information content (AvgIpc) is 3.18. The summed E-state index contributed by atoms with van der Waals surface area (Å²) >= 11 is 6.00. The topological polar surface area (TPSA) is 138 Å². The Morgan fingerprint density at radius 3 is 1.42 bits per heavy atom. The van der Waals surface area contributed by atoms with E-state index in [1.54, 1.807) is 72.8 Å². The number of ether oxygens (including phenoxy) is 3. The molecule has 57 heavy (non-hydrogen) atoms. The molecule has 6 rings (SSSR count). The number of hydrogen-bond donors (Lipinski definition) is 4. The lowest BCUT2D eigenvalue weighted by Crippen LogP contribution is -2.17. The normalized spacial score (nSPS) is 10.9. The Labute approximate surface area is 333 Å². The molecule has 9 nitrogen and oxygen atoms in total. The summed E-state index contributed by atoms with van der Waals surface area (Å²) in [4.78, 5) is 22.9. The molecule has 6 N–H and O–H groups in total. The molecule has 0 spiro atoms. The number of carbonyl (C=O) groups is 2. The van der Waals surface area contributed by atoms with E-state index in [2.05, 4.69) is 21.4 Å². The molecular weight excluding hydrogens is 757 g/mol. The van der Waals surface area contributed by atoms with Crippen molar-refractivity contribution in [1.82, 2.24) is 10.6 Å². The van der Waals surface area contributed by atoms with Crippen molar-refractivity contribution in [2.45, 2.75) is 32.4 Å². The van der Waals surface area contributed by atoms with Gasteiger partial charge in [-0.3, -0.25) is 9.59 Å². The predicted octanol–water partition coefficient (Wildman–Crippen LogP) is 9.33. The average molecular weight is 797 g/mol. The Bertz CT molecular complexity index is 2220. The molecule has 0 radical (unpaired) electrons. The third-order valence-electron chi connectivity index (χ3n) is 8.23. The van der Waals surface area contributed by atoms with Crippen molar-refractivity contribution in [2.24, 2.45) is 11.5 Å². The molecule has 0 aliphatic heterocycles. The molecule has 0 bridgehead atoms. The summed E-state index contributed by atoms with van der Waals surface area (Å²) in [5.41, 5.74) is 15.6. The van der Waals surface area contributed by atoms with E-state index in [1.165, 1.54) is 17.7 Å². The number of alkyl halides is 3. The lowest BCUT2D eigenvalue weighted by Gasteiger charge is -2.11. The second kappa shape index (κ2) is 20.5. The minimum Gasteiger partial charge on any atom is -0.457 e. The van der Waals surface area contributed by atoms with Crippen molar-refractivity contribution in [3.8, 4) is 28.7 Å². The fourth-order valence-corrected chi connectivity index (χ4v) is 5.65. The minimum absolute atomic E-state index is 0.250. The van der Waals surface area contributed by atoms with Gasteiger partial charge in [-0.2, -0.15) is 0 Å². The van der Waals surface area contributed by atoms with Crippen LogP contribution < -0.4 is 36.3 Å². The van der Waals surface area contributed by atoms with Crippen molar-refractivity contribution >= 4 is 23.4 Å². The largest absolute Gasteiger partial charge is 0.573 e. The molecule has 294 valence electrons. The third-order valence-corrected chi connectivity index (χ3v) is 8.47. The number of halogens is 4. The summed E-state index contributed by atoms with van der Waals surface area (Å²) in [5.74, 6) is 0.737. The van der Waals surface area contributed by atoms with Gasteiger partial charge in [-0.25, -0.2) is 0 Å². The van der Waals surface area contributed by atoms with Crippen molar-refractivity contribution in [3.05, 3.63) is 184 Å². The van der Waals surface area contributed by atoms with Crippen molar-refractivity contribution in [1.29, 1.82) is 0 Å². The summed E-state index contributed by atoms with van der Waals surface area (Å²) < 4.78 is 51.9. The second-order valence-electron chi connectivity index (χ2n) is 12.6. The predicted molar refractivity (Wildman–Crippen MR) is 213 cm³/mol. The van der Waals surface area contributed by atoms with E-state index < -0.39 is 18.2 Å². The van der Waals surface area contributed by atoms with Crippen molar-refractivity contribution in [2.75, 3.05) is 6.54 Å². The molecule has 0 aromatic heterocycles. The van der Waals surface area contributed by atoms with Gasteiger partial charge in [0.2, 0.25) is 0 Å². The van der Waals surface area contributed by atoms with Crippen LogP contribution in [-0.4, -0.2) is 24.7 Å². The van der Waals surface area contributed by atoms with Gasteiger partial charge in [-0.15, -0.1) is 13.2 Å². The Morgan fingerprint density at radius 1 is 0.544 bits per heavy atom. The molecule has 6 aromatic carbocycles. The van der Waals surface area contributed by atoms with Crippen LogP contribution in [0.5, 0.6) is 28.7 Å². The van der Waals surface area contributed by atoms with Crippen molar-refractivity contribution < 1.29 is 37.0 Å². The zero-order valence-electron chi connectivity index (χ0n) is 30.6. The van der Waals surface area contributed by atoms with Gasteiger partial charge in [0.15, 0.2) is 0 Å². The number of hydrogen-bond acceptors (Lipinski definition) is 7. The summed E-state index contributed by atoms with van der Waals surface area (Å²) in [6, 6.07) is 42.3. The first-order chi connectivity index (χ1) is 27.4. The number of nitrogens with two attached hydrogens (primary N) is 2. The number of rotatable bonds is 16. The SMILES string of the molecule is NC(=O)c1ccccc1Oc1ccc(CNCCc2cccc(Cl)c2)cc1.NC(=O)c1ccccc1Oc1ccc(CNCc2ccc(OC(F)(F)F)cc2)cc1. The third kappa shape index (κ3) is 14.0. The fraction of sp³-hybridized carbons (Fsp3) is 0.136. The van der Waals surface area contributed by atoms with Gasteiger partial charge < -0.3 is 36.3 Å². The van der Waals surface area contributed by atoms with Crippen LogP contribution >= 0.6 is 11.6 Å². The first-order valence-corrected chi connectivity index (χ1v) is 18.1. The Morgan fingerprint density at radius 2 is 0.982 bits per heavy atom. The van der Waals surface area contributed by atoms with Crippen molar-refractivity contribution in [3.63, 3.8) is 0 Å². The lowest BCUT2D eigenvalue weighted by atomic mass is 10.1. The molecule has 0 aliphatic carbocycles. The highest BCUT2D eigenvalue weighted by Crippen LogP contribution is 2.27. The fourth-order valence-electron chi connectivity index (χ4n) is 5.44. The standard InChI is InChI=1S/C22H21ClN2O2.C22H19F3N2O3/c23-18-5-3-4-16(14-18)12-13-25-15-17-8-10-19(11-9-17)27-21-7-2-1-6-20(21)22(24)26;23-22(24,25)30-18-11-7-16(8-12-18)14-27-13-15-5-9-17(10-6-15)29-20-4-2-1-3-19(20)21(26)28/h1-11,14,25H,12-13,15H2,(H2,24,26);1-12,27H,13-14H2,(H2,26,28). The highest BCUT2D eigenvalue weighted by molar-refractivity contribution is 6.30. The van der Waals surface area contributed by atoms with Gasteiger partial charge in [0, 0.05) is 24.7 Å². The summed E-state index contributed by atoms with van der Waals surface area (Å²) in [5, 5.41) is 7.40. The van der Waals surface area contributed by atoms with Gasteiger partial charge in [-0.1, -0.05) is 84.4 Å². The van der Waals surface area contributed by atoms with Crippen LogP contribution in [0.4, 0.5) is 13.2 Å². The highest BCUT2D eigenvalue weighted by Gasteiger charge is 2.31. The zero-order valence-corrected chi connectivity index (χ0v) is 31.4. The van der Waals surface area contributed by atoms with Gasteiger partial charge in [0.05, 0.1) is 11.1 Å². The van der Waals surface area contributed by atoms with E-state index in [0.717, 1.165) is 41.2 Å². The van der Waals surface area contributed by atoms with Crippen LogP contribution in [0.2, 0.25) is 5.02 Å². The number of para-hydroxylation sites is 2. The quantitative estimate of drug-likeness (QED) is 0.0717. The molecule has 0 aliphatic rings. The smallest absolute Gasteiger partial charge is 0.457 e. The van der Waals surface area contributed by atoms with E-state index in [1.807, 2.05) is 54.6 Å². The minimum atomic E-state index is -4.70. The number of amides is 2. The molecule has 0 fully saturated rings. The second-order valence-corrected chi connectivity index (χ2v) is 13.0. The van der Waals surface area contributed by atoms with Crippen LogP contribution in [-0.2, 0) is 26.1 Å². The van der Waals surface area contributed by atoms with Gasteiger partial charge in [0.1, 0.15) is 28.7 Å². The molecule has 0 heterocycles. The van der Waals surface area contributed by atoms with Gasteiger partial charge >= 0.3 is 6.36 Å². The van der Waals surface area contributed by atoms with E-state index >= 15 is 0 Å². The number of primary amides is 2. The number of carbonyl (C=O) groups excluding carboxylic acids is 2. The summed E-state index contributed by atoms with van der Waals surface area (Å²) in [6.07, 6.45) is -3.77. The molecule has 0 saturated heterocycles. The maximum atomic E-state index is 12.2. The number of nitrogens with one attached hydrogen (secondary N) is 2. The van der Waals surface area contributed by atoms with Crippen LogP contribution in [0.3, 0.4) is 0 Å². The maximum Gasteiger partial charge on any atom is 0.573 e. The highest BCUT2D eigenvalue weighted by atomic mass is 35.5. The van der Waals surface area contributed by atoms with E-state index in [-0.39, 0.29) is 5.75 Å². The summed E-state index contributed by atoms with van der Waals surface area (Å²) in [6.45, 7) is 2.67. The van der Waals surface area contributed by atoms with Crippen LogP contribution in [0.25, 0.3) is 0 Å². The zero-order chi connectivity index (χ0) is 40.6. The Hall–Kier alpha value is -6.34. The van der Waals surface area contributed by atoms with Gasteiger partial charge in [-0.05, 0) is 108 Å². The molecular formula is C44H40ClF3N4O5.